The fourth-order valence-electron chi connectivity index (χ4n) is 1.57. The van der Waals surface area contributed by atoms with E-state index in [0.29, 0.717) is 16.2 Å². The maximum atomic E-state index is 12.0. The molecule has 0 aliphatic heterocycles. The zero-order valence-corrected chi connectivity index (χ0v) is 11.6. The third-order valence-corrected chi connectivity index (χ3v) is 3.25. The average molecular weight is 287 g/mol. The molecule has 1 aromatic carbocycles. The van der Waals surface area contributed by atoms with E-state index in [0.717, 1.165) is 0 Å². The quantitative estimate of drug-likeness (QED) is 0.668. The van der Waals surface area contributed by atoms with Gasteiger partial charge in [-0.25, -0.2) is 4.98 Å². The van der Waals surface area contributed by atoms with Gasteiger partial charge in [0.1, 0.15) is 5.03 Å². The Kier molecular flexibility index (Phi) is 4.73. The highest BCUT2D eigenvalue weighted by atomic mass is 32.2. The van der Waals surface area contributed by atoms with E-state index in [-0.39, 0.29) is 5.91 Å². The minimum absolute atomic E-state index is 0.367. The van der Waals surface area contributed by atoms with Gasteiger partial charge in [-0.05, 0) is 30.5 Å². The molecule has 5 nitrogen and oxygen atoms in total. The Labute approximate surface area is 120 Å². The predicted octanol–water partition coefficient (Wildman–Crippen LogP) is 1.88. The number of carbonyl (C=O) groups is 2. The molecule has 0 unspecified atom stereocenters. The van der Waals surface area contributed by atoms with Crippen LogP contribution in [0.4, 0.5) is 0 Å². The number of thioether (sulfide) groups is 1. The van der Waals surface area contributed by atoms with Crippen LogP contribution in [-0.2, 0) is 0 Å². The Morgan fingerprint density at radius 2 is 1.70 bits per heavy atom. The smallest absolute Gasteiger partial charge is 0.267 e. The van der Waals surface area contributed by atoms with Crippen LogP contribution in [0.5, 0.6) is 0 Å². The SMILES string of the molecule is CSc1ncccc1C(=O)NNC(=O)c1ccccc1. The molecular formula is C14H13N3O2S. The van der Waals surface area contributed by atoms with Gasteiger partial charge in [-0.1, -0.05) is 18.2 Å². The molecule has 0 atom stereocenters. The molecule has 0 saturated carbocycles. The molecule has 0 saturated heterocycles. The van der Waals surface area contributed by atoms with Crippen LogP contribution in [0.3, 0.4) is 0 Å². The van der Waals surface area contributed by atoms with Crippen LogP contribution in [0.1, 0.15) is 20.7 Å². The molecule has 1 aromatic heterocycles. The van der Waals surface area contributed by atoms with E-state index in [1.165, 1.54) is 11.8 Å². The van der Waals surface area contributed by atoms with Crippen molar-refractivity contribution >= 4 is 23.6 Å². The molecule has 0 aliphatic carbocycles. The lowest BCUT2D eigenvalue weighted by atomic mass is 10.2. The third-order valence-electron chi connectivity index (χ3n) is 2.53. The van der Waals surface area contributed by atoms with Crippen LogP contribution in [0, 0.1) is 0 Å². The van der Waals surface area contributed by atoms with Crippen molar-refractivity contribution in [2.24, 2.45) is 0 Å². The van der Waals surface area contributed by atoms with Crippen molar-refractivity contribution in [3.05, 3.63) is 59.8 Å². The summed E-state index contributed by atoms with van der Waals surface area (Å²) in [5, 5.41) is 0.610. The first-order valence-electron chi connectivity index (χ1n) is 5.87. The number of benzene rings is 1. The van der Waals surface area contributed by atoms with Crippen LogP contribution in [0.15, 0.2) is 53.7 Å². The van der Waals surface area contributed by atoms with E-state index in [2.05, 4.69) is 15.8 Å². The number of carbonyl (C=O) groups excluding carboxylic acids is 2. The second-order valence-electron chi connectivity index (χ2n) is 3.83. The lowest BCUT2D eigenvalue weighted by Crippen LogP contribution is -2.41. The molecule has 0 bridgehead atoms. The van der Waals surface area contributed by atoms with Crippen molar-refractivity contribution in [2.45, 2.75) is 5.03 Å². The fraction of sp³-hybridized carbons (Fsp3) is 0.0714. The van der Waals surface area contributed by atoms with Gasteiger partial charge in [-0.3, -0.25) is 20.4 Å². The van der Waals surface area contributed by atoms with E-state index in [9.17, 15) is 9.59 Å². The number of pyridine rings is 1. The molecule has 1 heterocycles. The van der Waals surface area contributed by atoms with E-state index in [1.54, 1.807) is 42.6 Å². The summed E-state index contributed by atoms with van der Waals surface area (Å²) in [7, 11) is 0. The summed E-state index contributed by atoms with van der Waals surface area (Å²) >= 11 is 1.37. The lowest BCUT2D eigenvalue weighted by molar-refractivity contribution is 0.0844. The number of nitrogens with one attached hydrogen (secondary N) is 2. The van der Waals surface area contributed by atoms with Crippen molar-refractivity contribution < 1.29 is 9.59 Å². The van der Waals surface area contributed by atoms with Crippen LogP contribution in [-0.4, -0.2) is 23.1 Å². The highest BCUT2D eigenvalue weighted by molar-refractivity contribution is 7.98. The summed E-state index contributed by atoms with van der Waals surface area (Å²) in [6.45, 7) is 0. The average Bonchev–Trinajstić information content (AvgIpc) is 2.53. The molecule has 102 valence electrons. The van der Waals surface area contributed by atoms with Crippen molar-refractivity contribution in [1.82, 2.24) is 15.8 Å². The maximum absolute atomic E-state index is 12.0. The first-order valence-corrected chi connectivity index (χ1v) is 7.09. The summed E-state index contributed by atoms with van der Waals surface area (Å²) in [5.74, 6) is -0.764. The summed E-state index contributed by atoms with van der Waals surface area (Å²) in [6, 6.07) is 12.0. The molecule has 2 rings (SSSR count). The normalized spacial score (nSPS) is 9.85. The zero-order valence-electron chi connectivity index (χ0n) is 10.8. The number of nitrogens with zero attached hydrogens (tertiary/aromatic N) is 1. The minimum Gasteiger partial charge on any atom is -0.267 e. The predicted molar refractivity (Wildman–Crippen MR) is 77.4 cm³/mol. The van der Waals surface area contributed by atoms with E-state index < -0.39 is 5.91 Å². The van der Waals surface area contributed by atoms with Crippen molar-refractivity contribution in [1.29, 1.82) is 0 Å². The Hall–Kier alpha value is -2.34. The summed E-state index contributed by atoms with van der Waals surface area (Å²) in [6.07, 6.45) is 3.45. The van der Waals surface area contributed by atoms with Crippen LogP contribution in [0.25, 0.3) is 0 Å². The van der Waals surface area contributed by atoms with E-state index in [4.69, 9.17) is 0 Å². The molecule has 6 heteroatoms. The number of amides is 2. The van der Waals surface area contributed by atoms with E-state index in [1.807, 2.05) is 12.3 Å². The van der Waals surface area contributed by atoms with Crippen LogP contribution >= 0.6 is 11.8 Å². The van der Waals surface area contributed by atoms with Crippen LogP contribution < -0.4 is 10.9 Å². The Balaban J connectivity index is 2.01. The van der Waals surface area contributed by atoms with Gasteiger partial charge in [0.25, 0.3) is 11.8 Å². The molecule has 2 amide bonds. The molecular weight excluding hydrogens is 274 g/mol. The largest absolute Gasteiger partial charge is 0.272 e. The summed E-state index contributed by atoms with van der Waals surface area (Å²) in [5.41, 5.74) is 5.65. The Morgan fingerprint density at radius 3 is 2.40 bits per heavy atom. The fourth-order valence-corrected chi connectivity index (χ4v) is 2.12. The molecule has 2 aromatic rings. The standard InChI is InChI=1S/C14H13N3O2S/c1-20-14-11(8-5-9-15-14)13(19)17-16-12(18)10-6-3-2-4-7-10/h2-9H,1H3,(H,16,18)(H,17,19). The van der Waals surface area contributed by atoms with E-state index >= 15 is 0 Å². The van der Waals surface area contributed by atoms with Gasteiger partial charge < -0.3 is 0 Å². The zero-order chi connectivity index (χ0) is 14.4. The second-order valence-corrected chi connectivity index (χ2v) is 4.63. The van der Waals surface area contributed by atoms with Gasteiger partial charge in [0.2, 0.25) is 0 Å². The Bertz CT molecular complexity index is 617. The molecule has 0 spiro atoms. The highest BCUT2D eigenvalue weighted by Gasteiger charge is 2.12. The number of hydrogen-bond donors (Lipinski definition) is 2. The number of hydrogen-bond acceptors (Lipinski definition) is 4. The highest BCUT2D eigenvalue weighted by Crippen LogP contribution is 2.16. The van der Waals surface area contributed by atoms with Gasteiger partial charge >= 0.3 is 0 Å². The molecule has 2 N–H and O–H groups in total. The van der Waals surface area contributed by atoms with Crippen molar-refractivity contribution in [3.8, 4) is 0 Å². The third kappa shape index (κ3) is 3.36. The second kappa shape index (κ2) is 6.72. The van der Waals surface area contributed by atoms with Gasteiger partial charge in [0.15, 0.2) is 0 Å². The van der Waals surface area contributed by atoms with Crippen LogP contribution in [0.2, 0.25) is 0 Å². The maximum Gasteiger partial charge on any atom is 0.272 e. The molecule has 20 heavy (non-hydrogen) atoms. The molecule has 0 radical (unpaired) electrons. The lowest BCUT2D eigenvalue weighted by Gasteiger charge is -2.09. The first-order chi connectivity index (χ1) is 9.72. The van der Waals surface area contributed by atoms with Crippen molar-refractivity contribution in [3.63, 3.8) is 0 Å². The molecule has 0 aliphatic rings. The monoisotopic (exact) mass is 287 g/mol. The summed E-state index contributed by atoms with van der Waals surface area (Å²) in [4.78, 5) is 27.9. The number of aromatic nitrogens is 1. The number of hydrazine groups is 1. The topological polar surface area (TPSA) is 71.1 Å². The number of rotatable bonds is 3. The van der Waals surface area contributed by atoms with Gasteiger partial charge in [0.05, 0.1) is 5.56 Å². The summed E-state index contributed by atoms with van der Waals surface area (Å²) < 4.78 is 0. The van der Waals surface area contributed by atoms with Gasteiger partial charge in [0, 0.05) is 11.8 Å². The van der Waals surface area contributed by atoms with Crippen molar-refractivity contribution in [2.75, 3.05) is 6.26 Å². The minimum atomic E-state index is -0.397. The van der Waals surface area contributed by atoms with Gasteiger partial charge in [-0.2, -0.15) is 0 Å². The van der Waals surface area contributed by atoms with Gasteiger partial charge in [-0.15, -0.1) is 11.8 Å². The Morgan fingerprint density at radius 1 is 1.00 bits per heavy atom. The molecule has 0 fully saturated rings. The first kappa shape index (κ1) is 14.1.